The van der Waals surface area contributed by atoms with E-state index >= 15 is 0 Å². The molecule has 0 aliphatic rings. The largest absolute Gasteiger partial charge is 0.393 e. The molecule has 0 saturated heterocycles. The fourth-order valence-electron chi connectivity index (χ4n) is 1.62. The number of nitrogens with zero attached hydrogens (tertiary/aromatic N) is 1. The molecule has 104 valence electrons. The lowest BCUT2D eigenvalue weighted by atomic mass is 10.1. The first-order valence-electron chi connectivity index (χ1n) is 5.87. The zero-order chi connectivity index (χ0) is 14.6. The molecule has 1 rings (SSSR count). The first kappa shape index (κ1) is 15.9. The van der Waals surface area contributed by atoms with E-state index in [-0.39, 0.29) is 22.5 Å². The molecule has 2 N–H and O–H groups in total. The summed E-state index contributed by atoms with van der Waals surface area (Å²) < 4.78 is 13.4. The van der Waals surface area contributed by atoms with Gasteiger partial charge in [-0.05, 0) is 32.0 Å². The number of hydrogen-bond acceptors (Lipinski definition) is 2. The van der Waals surface area contributed by atoms with Gasteiger partial charge in [0, 0.05) is 24.6 Å². The van der Waals surface area contributed by atoms with Gasteiger partial charge in [-0.25, -0.2) is 4.39 Å². The monoisotopic (exact) mass is 302 g/mol. The predicted molar refractivity (Wildman–Crippen MR) is 79.0 cm³/mol. The number of benzene rings is 1. The average molecular weight is 303 g/mol. The van der Waals surface area contributed by atoms with Crippen molar-refractivity contribution in [2.45, 2.75) is 26.3 Å². The molecule has 0 spiro atoms. The maximum atomic E-state index is 13.4. The SMILES string of the molecule is CC(C)N(CCC(N)=S)C(=O)c1ccc(Cl)c(F)c1. The van der Waals surface area contributed by atoms with Crippen molar-refractivity contribution in [3.8, 4) is 0 Å². The number of carbonyl (C=O) groups excluding carboxylic acids is 1. The van der Waals surface area contributed by atoms with Crippen molar-refractivity contribution in [1.29, 1.82) is 0 Å². The summed E-state index contributed by atoms with van der Waals surface area (Å²) in [5, 5.41) is -0.00390. The van der Waals surface area contributed by atoms with Gasteiger partial charge in [-0.2, -0.15) is 0 Å². The van der Waals surface area contributed by atoms with Crippen LogP contribution in [0.15, 0.2) is 18.2 Å². The molecule has 0 fully saturated rings. The van der Waals surface area contributed by atoms with E-state index in [2.05, 4.69) is 0 Å². The normalized spacial score (nSPS) is 10.6. The number of rotatable bonds is 5. The van der Waals surface area contributed by atoms with E-state index in [0.29, 0.717) is 18.0 Å². The van der Waals surface area contributed by atoms with Gasteiger partial charge < -0.3 is 10.6 Å². The number of halogens is 2. The Kier molecular flexibility index (Phi) is 5.69. The molecule has 19 heavy (non-hydrogen) atoms. The van der Waals surface area contributed by atoms with Crippen LogP contribution < -0.4 is 5.73 Å². The summed E-state index contributed by atoms with van der Waals surface area (Å²) in [6.07, 6.45) is 0.440. The molecular formula is C13H16ClFN2OS. The highest BCUT2D eigenvalue weighted by molar-refractivity contribution is 7.80. The van der Waals surface area contributed by atoms with Gasteiger partial charge >= 0.3 is 0 Å². The van der Waals surface area contributed by atoms with Crippen molar-refractivity contribution in [1.82, 2.24) is 4.90 Å². The summed E-state index contributed by atoms with van der Waals surface area (Å²) in [4.78, 5) is 14.2. The van der Waals surface area contributed by atoms with Crippen LogP contribution in [0.3, 0.4) is 0 Å². The van der Waals surface area contributed by atoms with Gasteiger partial charge in [0.2, 0.25) is 0 Å². The van der Waals surface area contributed by atoms with Gasteiger partial charge in [0.1, 0.15) is 5.82 Å². The van der Waals surface area contributed by atoms with Gasteiger partial charge in [0.25, 0.3) is 5.91 Å². The summed E-state index contributed by atoms with van der Waals surface area (Å²) >= 11 is 10.4. The molecule has 0 saturated carbocycles. The van der Waals surface area contributed by atoms with Gasteiger partial charge in [-0.15, -0.1) is 0 Å². The highest BCUT2D eigenvalue weighted by Gasteiger charge is 2.19. The molecule has 0 atom stereocenters. The van der Waals surface area contributed by atoms with Crippen LogP contribution in [-0.2, 0) is 0 Å². The van der Waals surface area contributed by atoms with E-state index in [1.165, 1.54) is 12.1 Å². The molecule has 6 heteroatoms. The standard InChI is InChI=1S/C13H16ClFN2OS/c1-8(2)17(6-5-12(16)19)13(18)9-3-4-10(14)11(15)7-9/h3-4,7-8H,5-6H2,1-2H3,(H2,16,19). The van der Waals surface area contributed by atoms with Crippen LogP contribution in [0.2, 0.25) is 5.02 Å². The fourth-order valence-corrected chi connectivity index (χ4v) is 1.83. The molecule has 1 aromatic rings. The maximum Gasteiger partial charge on any atom is 0.254 e. The lowest BCUT2D eigenvalue weighted by Crippen LogP contribution is -2.39. The second-order valence-corrected chi connectivity index (χ2v) is 5.37. The first-order chi connectivity index (χ1) is 8.82. The van der Waals surface area contributed by atoms with Crippen LogP contribution in [0.5, 0.6) is 0 Å². The van der Waals surface area contributed by atoms with Crippen LogP contribution in [0.1, 0.15) is 30.6 Å². The van der Waals surface area contributed by atoms with Crippen molar-refractivity contribution < 1.29 is 9.18 Å². The van der Waals surface area contributed by atoms with Gasteiger partial charge in [-0.3, -0.25) is 4.79 Å². The van der Waals surface area contributed by atoms with E-state index in [0.717, 1.165) is 6.07 Å². The number of thiocarbonyl (C=S) groups is 1. The molecule has 0 bridgehead atoms. The van der Waals surface area contributed by atoms with Crippen molar-refractivity contribution >= 4 is 34.7 Å². The van der Waals surface area contributed by atoms with Crippen molar-refractivity contribution in [3.05, 3.63) is 34.6 Å². The molecule has 0 aromatic heterocycles. The van der Waals surface area contributed by atoms with Gasteiger partial charge in [0.05, 0.1) is 10.0 Å². The number of hydrogen-bond donors (Lipinski definition) is 1. The van der Waals surface area contributed by atoms with E-state index in [1.807, 2.05) is 13.8 Å². The lowest BCUT2D eigenvalue weighted by molar-refractivity contribution is 0.0711. The highest BCUT2D eigenvalue weighted by Crippen LogP contribution is 2.17. The van der Waals surface area contributed by atoms with E-state index in [9.17, 15) is 9.18 Å². The molecule has 1 aromatic carbocycles. The van der Waals surface area contributed by atoms with E-state index < -0.39 is 5.82 Å². The van der Waals surface area contributed by atoms with Crippen molar-refractivity contribution in [3.63, 3.8) is 0 Å². The second-order valence-electron chi connectivity index (χ2n) is 4.44. The first-order valence-corrected chi connectivity index (χ1v) is 6.66. The third-order valence-electron chi connectivity index (χ3n) is 2.65. The van der Waals surface area contributed by atoms with E-state index in [4.69, 9.17) is 29.6 Å². The van der Waals surface area contributed by atoms with Crippen molar-refractivity contribution in [2.24, 2.45) is 5.73 Å². The summed E-state index contributed by atoms with van der Waals surface area (Å²) in [7, 11) is 0. The van der Waals surface area contributed by atoms with Crippen LogP contribution in [-0.4, -0.2) is 28.4 Å². The molecule has 0 unspecified atom stereocenters. The Morgan fingerprint density at radius 2 is 2.16 bits per heavy atom. The Labute approximate surface area is 122 Å². The topological polar surface area (TPSA) is 46.3 Å². The number of nitrogens with two attached hydrogens (primary N) is 1. The summed E-state index contributed by atoms with van der Waals surface area (Å²) in [5.41, 5.74) is 5.70. The molecule has 0 radical (unpaired) electrons. The summed E-state index contributed by atoms with van der Waals surface area (Å²) in [6, 6.07) is 3.99. The number of amides is 1. The van der Waals surface area contributed by atoms with Gasteiger partial charge in [-0.1, -0.05) is 23.8 Å². The number of carbonyl (C=O) groups is 1. The summed E-state index contributed by atoms with van der Waals surface area (Å²) in [6.45, 7) is 4.17. The van der Waals surface area contributed by atoms with Crippen molar-refractivity contribution in [2.75, 3.05) is 6.54 Å². The quantitative estimate of drug-likeness (QED) is 0.851. The maximum absolute atomic E-state index is 13.4. The smallest absolute Gasteiger partial charge is 0.254 e. The zero-order valence-electron chi connectivity index (χ0n) is 10.8. The predicted octanol–water partition coefficient (Wildman–Crippen LogP) is 3.01. The molecular weight excluding hydrogens is 287 g/mol. The second kappa shape index (κ2) is 6.82. The zero-order valence-corrected chi connectivity index (χ0v) is 12.4. The molecule has 0 aliphatic carbocycles. The highest BCUT2D eigenvalue weighted by atomic mass is 35.5. The van der Waals surface area contributed by atoms with Crippen LogP contribution in [0.25, 0.3) is 0 Å². The Morgan fingerprint density at radius 3 is 2.63 bits per heavy atom. The van der Waals surface area contributed by atoms with Crippen LogP contribution in [0, 0.1) is 5.82 Å². The summed E-state index contributed by atoms with van der Waals surface area (Å²) in [5.74, 6) is -0.868. The fraction of sp³-hybridized carbons (Fsp3) is 0.385. The molecule has 3 nitrogen and oxygen atoms in total. The minimum atomic E-state index is -0.606. The Bertz CT molecular complexity index is 494. The Hall–Kier alpha value is -1.20. The van der Waals surface area contributed by atoms with E-state index in [1.54, 1.807) is 4.90 Å². The third-order valence-corrected chi connectivity index (χ3v) is 3.16. The minimum absolute atomic E-state index is 0.00390. The molecule has 0 heterocycles. The Balaban J connectivity index is 2.92. The Morgan fingerprint density at radius 1 is 1.53 bits per heavy atom. The molecule has 1 amide bonds. The average Bonchev–Trinajstić information content (AvgIpc) is 2.31. The van der Waals surface area contributed by atoms with Crippen LogP contribution >= 0.6 is 23.8 Å². The third kappa shape index (κ3) is 4.44. The van der Waals surface area contributed by atoms with Gasteiger partial charge in [0.15, 0.2) is 0 Å². The minimum Gasteiger partial charge on any atom is -0.393 e. The molecule has 0 aliphatic heterocycles. The van der Waals surface area contributed by atoms with Crippen LogP contribution in [0.4, 0.5) is 4.39 Å². The lowest BCUT2D eigenvalue weighted by Gasteiger charge is -2.26.